The van der Waals surface area contributed by atoms with Gasteiger partial charge in [-0.3, -0.25) is 0 Å². The largest absolute Gasteiger partial charge is 0.398 e. The number of nitrogens with zero attached hydrogens (tertiary/aromatic N) is 2. The van der Waals surface area contributed by atoms with E-state index >= 15 is 0 Å². The average molecular weight is 445 g/mol. The first kappa shape index (κ1) is 22.6. The normalized spacial score (nSPS) is 22.3. The average Bonchev–Trinajstić information content (AvgIpc) is 3.07. The molecule has 27 heavy (non-hydrogen) atoms. The summed E-state index contributed by atoms with van der Waals surface area (Å²) in [5.74, 6) is -1.10. The Labute approximate surface area is 171 Å². The SMILES string of the molecule is Cc1cc(F)c(N=C(N(C)C)C2(C(C)C)CC2(Cl)Cl)cc1SCC(F)(F)F. The summed E-state index contributed by atoms with van der Waals surface area (Å²) in [5, 5.41) is 0. The second-order valence-corrected chi connectivity index (χ2v) is 9.81. The van der Waals surface area contributed by atoms with Crippen LogP contribution in [0.2, 0.25) is 0 Å². The van der Waals surface area contributed by atoms with Crippen molar-refractivity contribution >= 4 is 46.5 Å². The van der Waals surface area contributed by atoms with Crippen LogP contribution in [0.4, 0.5) is 23.2 Å². The lowest BCUT2D eigenvalue weighted by Gasteiger charge is -2.29. The number of alkyl halides is 5. The van der Waals surface area contributed by atoms with Crippen molar-refractivity contribution in [2.75, 3.05) is 19.8 Å². The zero-order valence-electron chi connectivity index (χ0n) is 15.7. The molecule has 0 heterocycles. The highest BCUT2D eigenvalue weighted by atomic mass is 35.5. The van der Waals surface area contributed by atoms with E-state index in [2.05, 4.69) is 4.99 Å². The van der Waals surface area contributed by atoms with E-state index in [-0.39, 0.29) is 11.6 Å². The van der Waals surface area contributed by atoms with Crippen molar-refractivity contribution < 1.29 is 17.6 Å². The lowest BCUT2D eigenvalue weighted by atomic mass is 9.90. The van der Waals surface area contributed by atoms with Gasteiger partial charge in [0.25, 0.3) is 0 Å². The molecule has 0 bridgehead atoms. The number of amidine groups is 1. The predicted octanol–water partition coefficient (Wildman–Crippen LogP) is 6.60. The zero-order valence-corrected chi connectivity index (χ0v) is 18.0. The van der Waals surface area contributed by atoms with Gasteiger partial charge in [-0.15, -0.1) is 35.0 Å². The molecule has 1 fully saturated rings. The van der Waals surface area contributed by atoms with Crippen molar-refractivity contribution in [1.82, 2.24) is 4.90 Å². The zero-order chi connectivity index (χ0) is 20.8. The minimum atomic E-state index is -4.31. The molecule has 1 aliphatic rings. The third-order valence-electron chi connectivity index (χ3n) is 4.70. The van der Waals surface area contributed by atoms with Crippen molar-refractivity contribution in [3.8, 4) is 0 Å². The monoisotopic (exact) mass is 444 g/mol. The Morgan fingerprint density at radius 2 is 1.85 bits per heavy atom. The molecule has 1 atom stereocenters. The van der Waals surface area contributed by atoms with Gasteiger partial charge in [0.15, 0.2) is 0 Å². The summed E-state index contributed by atoms with van der Waals surface area (Å²) in [6.07, 6.45) is -3.84. The minimum Gasteiger partial charge on any atom is -0.366 e. The molecule has 0 radical (unpaired) electrons. The van der Waals surface area contributed by atoms with E-state index in [1.54, 1.807) is 25.9 Å². The minimum absolute atomic E-state index is 0.0231. The van der Waals surface area contributed by atoms with Gasteiger partial charge in [0, 0.05) is 19.0 Å². The molecule has 0 aliphatic heterocycles. The Morgan fingerprint density at radius 1 is 1.30 bits per heavy atom. The van der Waals surface area contributed by atoms with Gasteiger partial charge in [-0.05, 0) is 37.0 Å². The second-order valence-electron chi connectivity index (χ2n) is 7.31. The molecular weight excluding hydrogens is 423 g/mol. The fourth-order valence-corrected chi connectivity index (χ4v) is 5.02. The molecule has 9 heteroatoms. The van der Waals surface area contributed by atoms with E-state index in [1.165, 1.54) is 12.1 Å². The van der Waals surface area contributed by atoms with Gasteiger partial charge >= 0.3 is 6.18 Å². The summed E-state index contributed by atoms with van der Waals surface area (Å²) in [6.45, 7) is 5.49. The Kier molecular flexibility index (Phi) is 6.40. The molecule has 1 aliphatic carbocycles. The highest BCUT2D eigenvalue weighted by Crippen LogP contribution is 2.69. The summed E-state index contributed by atoms with van der Waals surface area (Å²) < 4.78 is 51.1. The fourth-order valence-electron chi connectivity index (χ4n) is 3.19. The van der Waals surface area contributed by atoms with Crippen molar-refractivity contribution in [2.24, 2.45) is 16.3 Å². The van der Waals surface area contributed by atoms with Crippen LogP contribution in [0.25, 0.3) is 0 Å². The summed E-state index contributed by atoms with van der Waals surface area (Å²) in [4.78, 5) is 6.53. The Balaban J connectivity index is 2.49. The summed E-state index contributed by atoms with van der Waals surface area (Å²) in [7, 11) is 3.52. The quantitative estimate of drug-likeness (QED) is 0.167. The van der Waals surface area contributed by atoms with E-state index in [1.807, 2.05) is 13.8 Å². The van der Waals surface area contributed by atoms with E-state index in [0.717, 1.165) is 0 Å². The number of aryl methyl sites for hydroxylation is 1. The first-order chi connectivity index (χ1) is 12.2. The van der Waals surface area contributed by atoms with Crippen molar-refractivity contribution in [2.45, 2.75) is 42.6 Å². The van der Waals surface area contributed by atoms with Crippen LogP contribution in [0.1, 0.15) is 25.8 Å². The van der Waals surface area contributed by atoms with Crippen LogP contribution in [0, 0.1) is 24.1 Å². The lowest BCUT2D eigenvalue weighted by Crippen LogP contribution is -2.37. The van der Waals surface area contributed by atoms with Gasteiger partial charge < -0.3 is 4.90 Å². The van der Waals surface area contributed by atoms with Crippen LogP contribution in [0.3, 0.4) is 0 Å². The van der Waals surface area contributed by atoms with Crippen LogP contribution in [0.15, 0.2) is 22.0 Å². The molecule has 152 valence electrons. The van der Waals surface area contributed by atoms with Crippen molar-refractivity contribution in [1.29, 1.82) is 0 Å². The Bertz CT molecular complexity index is 748. The van der Waals surface area contributed by atoms with Gasteiger partial charge in [0.1, 0.15) is 21.7 Å². The number of thioether (sulfide) groups is 1. The maximum atomic E-state index is 14.5. The third kappa shape index (κ3) is 4.67. The molecule has 0 amide bonds. The molecular formula is C18H22Cl2F4N2S. The second kappa shape index (κ2) is 7.64. The van der Waals surface area contributed by atoms with E-state index < -0.39 is 27.5 Å². The fraction of sp³-hybridized carbons (Fsp3) is 0.611. The summed E-state index contributed by atoms with van der Waals surface area (Å²) >= 11 is 13.4. The highest BCUT2D eigenvalue weighted by Gasteiger charge is 2.71. The molecule has 0 aromatic heterocycles. The maximum Gasteiger partial charge on any atom is 0.398 e. The van der Waals surface area contributed by atoms with Crippen LogP contribution < -0.4 is 0 Å². The molecule has 0 N–H and O–H groups in total. The molecule has 1 aromatic rings. The number of rotatable bonds is 5. The number of hydrogen-bond acceptors (Lipinski definition) is 2. The number of benzene rings is 1. The highest BCUT2D eigenvalue weighted by molar-refractivity contribution is 7.99. The maximum absolute atomic E-state index is 14.5. The van der Waals surface area contributed by atoms with E-state index in [0.29, 0.717) is 34.5 Å². The Hall–Kier alpha value is -0.660. The summed E-state index contributed by atoms with van der Waals surface area (Å²) in [5.41, 5.74) is -0.234. The molecule has 1 aromatic carbocycles. The van der Waals surface area contributed by atoms with E-state index in [4.69, 9.17) is 23.2 Å². The van der Waals surface area contributed by atoms with E-state index in [9.17, 15) is 17.6 Å². The van der Waals surface area contributed by atoms with Gasteiger partial charge in [-0.1, -0.05) is 13.8 Å². The number of aliphatic imine (C=N–C) groups is 1. The molecule has 1 unspecified atom stereocenters. The van der Waals surface area contributed by atoms with Crippen LogP contribution in [-0.4, -0.2) is 41.1 Å². The standard InChI is InChI=1S/C18H22Cl2F4N2S/c1-10(2)16(8-17(16,19)20)15(26(4)5)25-13-7-14(11(3)6-12(13)21)27-9-18(22,23)24/h6-7,10H,8-9H2,1-5H3. The van der Waals surface area contributed by atoms with Crippen LogP contribution in [-0.2, 0) is 0 Å². The third-order valence-corrected chi connectivity index (χ3v) is 6.86. The Morgan fingerprint density at radius 3 is 2.26 bits per heavy atom. The molecule has 2 rings (SSSR count). The number of hydrogen-bond donors (Lipinski definition) is 0. The van der Waals surface area contributed by atoms with Crippen molar-refractivity contribution in [3.63, 3.8) is 0 Å². The van der Waals surface area contributed by atoms with Gasteiger partial charge in [0.05, 0.1) is 11.2 Å². The van der Waals surface area contributed by atoms with Crippen LogP contribution >= 0.6 is 35.0 Å². The number of halogens is 6. The first-order valence-electron chi connectivity index (χ1n) is 8.35. The van der Waals surface area contributed by atoms with Gasteiger partial charge in [-0.2, -0.15) is 13.2 Å². The van der Waals surface area contributed by atoms with Gasteiger partial charge in [0.2, 0.25) is 0 Å². The smallest absolute Gasteiger partial charge is 0.366 e. The molecule has 2 nitrogen and oxygen atoms in total. The van der Waals surface area contributed by atoms with Gasteiger partial charge in [-0.25, -0.2) is 9.38 Å². The molecule has 1 saturated carbocycles. The molecule has 0 saturated heterocycles. The first-order valence-corrected chi connectivity index (χ1v) is 10.1. The topological polar surface area (TPSA) is 15.6 Å². The van der Waals surface area contributed by atoms with Crippen molar-refractivity contribution in [3.05, 3.63) is 23.5 Å². The van der Waals surface area contributed by atoms with Crippen LogP contribution in [0.5, 0.6) is 0 Å². The molecule has 0 spiro atoms. The lowest BCUT2D eigenvalue weighted by molar-refractivity contribution is -0.105. The predicted molar refractivity (Wildman–Crippen MR) is 105 cm³/mol. The summed E-state index contributed by atoms with van der Waals surface area (Å²) in [6, 6.07) is 2.56.